The SMILES string of the molecule is Cc1cc(N2CCCC(c3ncn[nH]3)C2)n2ncnc2n1. The highest BCUT2D eigenvalue weighted by Crippen LogP contribution is 2.28. The fourth-order valence-electron chi connectivity index (χ4n) is 2.96. The summed E-state index contributed by atoms with van der Waals surface area (Å²) in [6.07, 6.45) is 5.35. The van der Waals surface area contributed by atoms with Crippen molar-refractivity contribution in [1.82, 2.24) is 34.8 Å². The molecule has 1 aliphatic heterocycles. The third kappa shape index (κ3) is 2.12. The molecule has 3 aromatic heterocycles. The van der Waals surface area contributed by atoms with Crippen molar-refractivity contribution in [3.8, 4) is 0 Å². The first kappa shape index (κ1) is 12.2. The summed E-state index contributed by atoms with van der Waals surface area (Å²) in [7, 11) is 0. The number of aromatic nitrogens is 7. The number of hydrogen-bond acceptors (Lipinski definition) is 6. The first-order valence-electron chi connectivity index (χ1n) is 7.09. The summed E-state index contributed by atoms with van der Waals surface area (Å²) >= 11 is 0. The van der Waals surface area contributed by atoms with Crippen molar-refractivity contribution in [1.29, 1.82) is 0 Å². The number of piperidine rings is 1. The summed E-state index contributed by atoms with van der Waals surface area (Å²) in [5.41, 5.74) is 0.951. The van der Waals surface area contributed by atoms with Crippen molar-refractivity contribution in [2.75, 3.05) is 18.0 Å². The molecule has 4 heterocycles. The topological polar surface area (TPSA) is 87.9 Å². The Kier molecular flexibility index (Phi) is 2.80. The lowest BCUT2D eigenvalue weighted by atomic mass is 9.97. The molecule has 8 heteroatoms. The first-order chi connectivity index (χ1) is 10.3. The number of aromatic amines is 1. The Bertz CT molecular complexity index is 747. The Labute approximate surface area is 121 Å². The van der Waals surface area contributed by atoms with Crippen molar-refractivity contribution in [2.45, 2.75) is 25.7 Å². The maximum atomic E-state index is 4.39. The second kappa shape index (κ2) is 4.80. The number of nitrogens with one attached hydrogen (secondary N) is 1. The van der Waals surface area contributed by atoms with Gasteiger partial charge in [0.1, 0.15) is 24.3 Å². The molecule has 108 valence electrons. The lowest BCUT2D eigenvalue weighted by molar-refractivity contribution is 0.487. The maximum Gasteiger partial charge on any atom is 0.254 e. The molecule has 21 heavy (non-hydrogen) atoms. The third-order valence-corrected chi connectivity index (χ3v) is 3.93. The van der Waals surface area contributed by atoms with E-state index < -0.39 is 0 Å². The van der Waals surface area contributed by atoms with Gasteiger partial charge in [0.05, 0.1) is 0 Å². The van der Waals surface area contributed by atoms with Gasteiger partial charge < -0.3 is 4.90 Å². The molecule has 0 amide bonds. The molecule has 0 bridgehead atoms. The van der Waals surface area contributed by atoms with Gasteiger partial charge in [0.15, 0.2) is 0 Å². The van der Waals surface area contributed by atoms with E-state index in [-0.39, 0.29) is 0 Å². The normalized spacial score (nSPS) is 19.3. The van der Waals surface area contributed by atoms with Crippen LogP contribution in [0.3, 0.4) is 0 Å². The number of rotatable bonds is 2. The van der Waals surface area contributed by atoms with E-state index in [1.54, 1.807) is 17.2 Å². The molecule has 3 aromatic rings. The van der Waals surface area contributed by atoms with E-state index in [1.165, 1.54) is 0 Å². The van der Waals surface area contributed by atoms with Gasteiger partial charge in [-0.2, -0.15) is 19.7 Å². The van der Waals surface area contributed by atoms with Crippen molar-refractivity contribution in [2.24, 2.45) is 0 Å². The highest BCUT2D eigenvalue weighted by atomic mass is 15.4. The van der Waals surface area contributed by atoms with Gasteiger partial charge in [0, 0.05) is 30.8 Å². The second-order valence-electron chi connectivity index (χ2n) is 5.38. The number of hydrogen-bond donors (Lipinski definition) is 1. The van der Waals surface area contributed by atoms with Gasteiger partial charge in [-0.25, -0.2) is 9.97 Å². The molecular weight excluding hydrogens is 268 g/mol. The smallest absolute Gasteiger partial charge is 0.254 e. The largest absolute Gasteiger partial charge is 0.356 e. The van der Waals surface area contributed by atoms with Gasteiger partial charge in [-0.3, -0.25) is 5.10 Å². The van der Waals surface area contributed by atoms with Crippen molar-refractivity contribution >= 4 is 11.6 Å². The summed E-state index contributed by atoms with van der Waals surface area (Å²) in [6.45, 7) is 3.88. The lowest BCUT2D eigenvalue weighted by Gasteiger charge is -2.33. The summed E-state index contributed by atoms with van der Waals surface area (Å²) in [5.74, 6) is 3.01. The minimum absolute atomic E-state index is 0.369. The quantitative estimate of drug-likeness (QED) is 0.753. The van der Waals surface area contributed by atoms with Crippen LogP contribution in [0.2, 0.25) is 0 Å². The van der Waals surface area contributed by atoms with Crippen molar-refractivity contribution in [3.05, 3.63) is 30.2 Å². The molecule has 4 rings (SSSR count). The molecule has 0 saturated carbocycles. The summed E-state index contributed by atoms with van der Waals surface area (Å²) in [6, 6.07) is 2.06. The average molecular weight is 284 g/mol. The third-order valence-electron chi connectivity index (χ3n) is 3.93. The molecule has 1 N–H and O–H groups in total. The van der Waals surface area contributed by atoms with Crippen LogP contribution in [-0.2, 0) is 0 Å². The van der Waals surface area contributed by atoms with E-state index in [0.29, 0.717) is 11.7 Å². The van der Waals surface area contributed by atoms with Crippen LogP contribution in [0.4, 0.5) is 5.82 Å². The van der Waals surface area contributed by atoms with E-state index in [1.807, 2.05) is 6.92 Å². The zero-order valence-electron chi connectivity index (χ0n) is 11.8. The first-order valence-corrected chi connectivity index (χ1v) is 7.09. The predicted octanol–water partition coefficient (Wildman–Crippen LogP) is 0.935. The van der Waals surface area contributed by atoms with Crippen molar-refractivity contribution in [3.63, 3.8) is 0 Å². The van der Waals surface area contributed by atoms with Crippen LogP contribution in [0.15, 0.2) is 18.7 Å². The Balaban J connectivity index is 1.70. The molecule has 1 aliphatic rings. The minimum Gasteiger partial charge on any atom is -0.356 e. The van der Waals surface area contributed by atoms with E-state index in [4.69, 9.17) is 0 Å². The number of fused-ring (bicyclic) bond motifs is 1. The zero-order chi connectivity index (χ0) is 14.2. The standard InChI is InChI=1S/C13H16N8/c1-9-5-11(21-13(18-9)15-8-17-21)20-4-2-3-10(6-20)12-14-7-16-19-12/h5,7-8,10H,2-4,6H2,1H3,(H,14,16,19). The maximum absolute atomic E-state index is 4.39. The number of nitrogens with zero attached hydrogens (tertiary/aromatic N) is 7. The van der Waals surface area contributed by atoms with Gasteiger partial charge in [0.2, 0.25) is 0 Å². The fraction of sp³-hybridized carbons (Fsp3) is 0.462. The monoisotopic (exact) mass is 284 g/mol. The van der Waals surface area contributed by atoms with Gasteiger partial charge in [-0.05, 0) is 19.8 Å². The van der Waals surface area contributed by atoms with Gasteiger partial charge >= 0.3 is 0 Å². The predicted molar refractivity (Wildman–Crippen MR) is 76.1 cm³/mol. The Hall–Kier alpha value is -2.51. The highest BCUT2D eigenvalue weighted by molar-refractivity contribution is 5.47. The van der Waals surface area contributed by atoms with Crippen LogP contribution in [0.25, 0.3) is 5.78 Å². The zero-order valence-corrected chi connectivity index (χ0v) is 11.8. The lowest BCUT2D eigenvalue weighted by Crippen LogP contribution is -2.36. The van der Waals surface area contributed by atoms with Crippen LogP contribution in [0, 0.1) is 6.92 Å². The van der Waals surface area contributed by atoms with E-state index in [0.717, 1.165) is 43.3 Å². The van der Waals surface area contributed by atoms with Crippen LogP contribution in [-0.4, -0.2) is 47.9 Å². The molecule has 0 aromatic carbocycles. The summed E-state index contributed by atoms with van der Waals surface area (Å²) in [4.78, 5) is 15.2. The molecule has 8 nitrogen and oxygen atoms in total. The molecule has 1 unspecified atom stereocenters. The Morgan fingerprint density at radius 1 is 1.29 bits per heavy atom. The van der Waals surface area contributed by atoms with E-state index in [9.17, 15) is 0 Å². The van der Waals surface area contributed by atoms with Gasteiger partial charge in [-0.1, -0.05) is 0 Å². The average Bonchev–Trinajstić information content (AvgIpc) is 3.17. The van der Waals surface area contributed by atoms with E-state index >= 15 is 0 Å². The van der Waals surface area contributed by atoms with Crippen molar-refractivity contribution < 1.29 is 0 Å². The van der Waals surface area contributed by atoms with Crippen LogP contribution >= 0.6 is 0 Å². The number of H-pyrrole nitrogens is 1. The van der Waals surface area contributed by atoms with Crippen LogP contribution in [0.1, 0.15) is 30.3 Å². The number of aryl methyl sites for hydroxylation is 1. The molecule has 0 aliphatic carbocycles. The molecule has 1 fully saturated rings. The van der Waals surface area contributed by atoms with Crippen LogP contribution < -0.4 is 4.90 Å². The molecule has 0 radical (unpaired) electrons. The van der Waals surface area contributed by atoms with Gasteiger partial charge in [0.25, 0.3) is 5.78 Å². The van der Waals surface area contributed by atoms with Crippen LogP contribution in [0.5, 0.6) is 0 Å². The molecule has 0 spiro atoms. The second-order valence-corrected chi connectivity index (χ2v) is 5.38. The molecule has 1 atom stereocenters. The fourth-order valence-corrected chi connectivity index (χ4v) is 2.96. The highest BCUT2D eigenvalue weighted by Gasteiger charge is 2.25. The summed E-state index contributed by atoms with van der Waals surface area (Å²) in [5, 5.41) is 11.2. The number of anilines is 1. The Morgan fingerprint density at radius 3 is 3.10 bits per heavy atom. The summed E-state index contributed by atoms with van der Waals surface area (Å²) < 4.78 is 1.80. The molecular formula is C13H16N8. The Morgan fingerprint density at radius 2 is 2.24 bits per heavy atom. The van der Waals surface area contributed by atoms with Gasteiger partial charge in [-0.15, -0.1) is 0 Å². The van der Waals surface area contributed by atoms with E-state index in [2.05, 4.69) is 41.2 Å². The minimum atomic E-state index is 0.369. The molecule has 1 saturated heterocycles.